The third-order valence-electron chi connectivity index (χ3n) is 3.38. The fourth-order valence-corrected chi connectivity index (χ4v) is 2.88. The quantitative estimate of drug-likeness (QED) is 0.791. The standard InChI is InChI=1S/C14H17IN2O3/c1-20-14(19)17-8-6-10(7-9-17)16-13(18)11-4-2-3-5-12(11)15/h2-5,10H,6-9H2,1H3,(H,16,18). The van der Waals surface area contributed by atoms with Gasteiger partial charge in [-0.1, -0.05) is 12.1 Å². The topological polar surface area (TPSA) is 58.6 Å². The van der Waals surface area contributed by atoms with E-state index in [1.807, 2.05) is 24.3 Å². The number of methoxy groups -OCH3 is 1. The maximum atomic E-state index is 12.2. The summed E-state index contributed by atoms with van der Waals surface area (Å²) in [6.07, 6.45) is 1.21. The third-order valence-corrected chi connectivity index (χ3v) is 4.32. The minimum atomic E-state index is -0.299. The zero-order chi connectivity index (χ0) is 14.5. The smallest absolute Gasteiger partial charge is 0.409 e. The molecule has 20 heavy (non-hydrogen) atoms. The van der Waals surface area contributed by atoms with Crippen molar-refractivity contribution in [1.29, 1.82) is 0 Å². The maximum absolute atomic E-state index is 12.2. The van der Waals surface area contributed by atoms with Gasteiger partial charge in [0.25, 0.3) is 5.91 Å². The summed E-state index contributed by atoms with van der Waals surface area (Å²) in [4.78, 5) is 25.2. The van der Waals surface area contributed by atoms with Gasteiger partial charge in [-0.25, -0.2) is 4.79 Å². The summed E-state index contributed by atoms with van der Waals surface area (Å²) in [5.74, 6) is -0.0495. The number of carbonyl (C=O) groups excluding carboxylic acids is 2. The Labute approximate surface area is 131 Å². The first-order chi connectivity index (χ1) is 9.61. The molecule has 108 valence electrons. The molecule has 1 aromatic carbocycles. The molecule has 0 radical (unpaired) electrons. The van der Waals surface area contributed by atoms with Crippen LogP contribution in [0.25, 0.3) is 0 Å². The number of nitrogens with zero attached hydrogens (tertiary/aromatic N) is 1. The van der Waals surface area contributed by atoms with Gasteiger partial charge >= 0.3 is 6.09 Å². The highest BCUT2D eigenvalue weighted by molar-refractivity contribution is 14.1. The second-order valence-corrected chi connectivity index (χ2v) is 5.85. The summed E-state index contributed by atoms with van der Waals surface area (Å²) in [6.45, 7) is 1.23. The van der Waals surface area contributed by atoms with Gasteiger partial charge in [0.15, 0.2) is 0 Å². The normalized spacial score (nSPS) is 15.8. The average molecular weight is 388 g/mol. The number of hydrogen-bond donors (Lipinski definition) is 1. The number of piperidine rings is 1. The summed E-state index contributed by atoms with van der Waals surface area (Å²) in [5.41, 5.74) is 0.698. The van der Waals surface area contributed by atoms with Crippen LogP contribution in [0.15, 0.2) is 24.3 Å². The van der Waals surface area contributed by atoms with E-state index in [-0.39, 0.29) is 18.0 Å². The second-order valence-electron chi connectivity index (χ2n) is 4.68. The van der Waals surface area contributed by atoms with Gasteiger partial charge in [0, 0.05) is 22.7 Å². The minimum absolute atomic E-state index is 0.0495. The summed E-state index contributed by atoms with van der Waals surface area (Å²) < 4.78 is 5.63. The molecule has 0 unspecified atom stereocenters. The fraction of sp³-hybridized carbons (Fsp3) is 0.429. The van der Waals surface area contributed by atoms with Crippen molar-refractivity contribution in [3.63, 3.8) is 0 Å². The zero-order valence-electron chi connectivity index (χ0n) is 11.3. The Balaban J connectivity index is 1.88. The van der Waals surface area contributed by atoms with E-state index < -0.39 is 0 Å². The highest BCUT2D eigenvalue weighted by Gasteiger charge is 2.24. The van der Waals surface area contributed by atoms with E-state index in [0.29, 0.717) is 18.7 Å². The SMILES string of the molecule is COC(=O)N1CCC(NC(=O)c2ccccc2I)CC1. The average Bonchev–Trinajstić information content (AvgIpc) is 2.47. The van der Waals surface area contributed by atoms with Crippen molar-refractivity contribution < 1.29 is 14.3 Å². The van der Waals surface area contributed by atoms with Gasteiger partial charge in [-0.15, -0.1) is 0 Å². The van der Waals surface area contributed by atoms with Gasteiger partial charge in [0.2, 0.25) is 0 Å². The molecule has 1 N–H and O–H groups in total. The molecule has 1 aliphatic rings. The van der Waals surface area contributed by atoms with Gasteiger partial charge in [-0.2, -0.15) is 0 Å². The predicted octanol–water partition coefficient (Wildman–Crippen LogP) is 2.25. The van der Waals surface area contributed by atoms with Crippen LogP contribution in [0.2, 0.25) is 0 Å². The van der Waals surface area contributed by atoms with Gasteiger partial charge < -0.3 is 15.0 Å². The van der Waals surface area contributed by atoms with Crippen LogP contribution in [0.4, 0.5) is 4.79 Å². The van der Waals surface area contributed by atoms with E-state index in [0.717, 1.165) is 16.4 Å². The molecule has 1 heterocycles. The number of benzene rings is 1. The van der Waals surface area contributed by atoms with Crippen molar-refractivity contribution >= 4 is 34.6 Å². The molecule has 0 aliphatic carbocycles. The maximum Gasteiger partial charge on any atom is 0.409 e. The van der Waals surface area contributed by atoms with Crippen LogP contribution in [0, 0.1) is 3.57 Å². The molecule has 0 spiro atoms. The lowest BCUT2D eigenvalue weighted by Gasteiger charge is -2.31. The number of hydrogen-bond acceptors (Lipinski definition) is 3. The van der Waals surface area contributed by atoms with E-state index >= 15 is 0 Å². The highest BCUT2D eigenvalue weighted by atomic mass is 127. The lowest BCUT2D eigenvalue weighted by molar-refractivity contribution is 0.0891. The first-order valence-electron chi connectivity index (χ1n) is 6.50. The van der Waals surface area contributed by atoms with Gasteiger partial charge in [-0.3, -0.25) is 4.79 Å². The number of ether oxygens (including phenoxy) is 1. The molecule has 5 nitrogen and oxygen atoms in total. The summed E-state index contributed by atoms with van der Waals surface area (Å²) in [6, 6.07) is 7.61. The zero-order valence-corrected chi connectivity index (χ0v) is 13.4. The first-order valence-corrected chi connectivity index (χ1v) is 7.58. The monoisotopic (exact) mass is 388 g/mol. The molecule has 1 aliphatic heterocycles. The number of nitrogens with one attached hydrogen (secondary N) is 1. The third kappa shape index (κ3) is 3.62. The van der Waals surface area contributed by atoms with Crippen LogP contribution in [0.1, 0.15) is 23.2 Å². The van der Waals surface area contributed by atoms with Crippen LogP contribution in [-0.2, 0) is 4.74 Å². The summed E-state index contributed by atoms with van der Waals surface area (Å²) in [7, 11) is 1.38. The second kappa shape index (κ2) is 6.92. The van der Waals surface area contributed by atoms with Crippen LogP contribution in [-0.4, -0.2) is 43.1 Å². The highest BCUT2D eigenvalue weighted by Crippen LogP contribution is 2.15. The van der Waals surface area contributed by atoms with Crippen LogP contribution in [0.5, 0.6) is 0 Å². The van der Waals surface area contributed by atoms with Crippen LogP contribution < -0.4 is 5.32 Å². The van der Waals surface area contributed by atoms with E-state index in [1.165, 1.54) is 7.11 Å². The lowest BCUT2D eigenvalue weighted by atomic mass is 10.0. The van der Waals surface area contributed by atoms with Crippen molar-refractivity contribution in [3.05, 3.63) is 33.4 Å². The Morgan fingerprint density at radius 3 is 2.55 bits per heavy atom. The van der Waals surface area contributed by atoms with Crippen molar-refractivity contribution in [2.75, 3.05) is 20.2 Å². The van der Waals surface area contributed by atoms with Gasteiger partial charge in [-0.05, 0) is 47.6 Å². The Kier molecular flexibility index (Phi) is 5.22. The Bertz CT molecular complexity index is 499. The van der Waals surface area contributed by atoms with Gasteiger partial charge in [0.1, 0.15) is 0 Å². The lowest BCUT2D eigenvalue weighted by Crippen LogP contribution is -2.46. The number of amides is 2. The van der Waals surface area contributed by atoms with Gasteiger partial charge in [0.05, 0.1) is 12.7 Å². The molecule has 0 bridgehead atoms. The van der Waals surface area contributed by atoms with E-state index in [4.69, 9.17) is 0 Å². The van der Waals surface area contributed by atoms with E-state index in [9.17, 15) is 9.59 Å². The minimum Gasteiger partial charge on any atom is -0.453 e. The van der Waals surface area contributed by atoms with Crippen molar-refractivity contribution in [2.45, 2.75) is 18.9 Å². The number of carbonyl (C=O) groups is 2. The molecule has 1 saturated heterocycles. The molecule has 1 fully saturated rings. The predicted molar refractivity (Wildman–Crippen MR) is 83.6 cm³/mol. The molecular formula is C14H17IN2O3. The molecule has 1 aromatic rings. The first kappa shape index (κ1) is 15.1. The van der Waals surface area contributed by atoms with Crippen molar-refractivity contribution in [2.24, 2.45) is 0 Å². The molecule has 6 heteroatoms. The molecule has 0 saturated carbocycles. The number of rotatable bonds is 2. The fourth-order valence-electron chi connectivity index (χ4n) is 2.24. The number of likely N-dealkylation sites (tertiary alicyclic amines) is 1. The molecule has 2 amide bonds. The van der Waals surface area contributed by atoms with E-state index in [1.54, 1.807) is 4.90 Å². The Hall–Kier alpha value is -1.31. The molecule has 0 aromatic heterocycles. The molecule has 2 rings (SSSR count). The molecule has 0 atom stereocenters. The van der Waals surface area contributed by atoms with Crippen LogP contribution in [0.3, 0.4) is 0 Å². The summed E-state index contributed by atoms with van der Waals surface area (Å²) in [5, 5.41) is 3.03. The summed E-state index contributed by atoms with van der Waals surface area (Å²) >= 11 is 2.16. The van der Waals surface area contributed by atoms with E-state index in [2.05, 4.69) is 32.6 Å². The van der Waals surface area contributed by atoms with Crippen molar-refractivity contribution in [1.82, 2.24) is 10.2 Å². The molecular weight excluding hydrogens is 371 g/mol. The van der Waals surface area contributed by atoms with Crippen molar-refractivity contribution in [3.8, 4) is 0 Å². The Morgan fingerprint density at radius 2 is 1.95 bits per heavy atom. The number of halogens is 1. The largest absolute Gasteiger partial charge is 0.453 e. The van der Waals surface area contributed by atoms with Crippen LogP contribution >= 0.6 is 22.6 Å². The Morgan fingerprint density at radius 1 is 1.30 bits per heavy atom.